The Morgan fingerprint density at radius 3 is 2.56 bits per heavy atom. The minimum atomic E-state index is -0.0248. The summed E-state index contributed by atoms with van der Waals surface area (Å²) in [5.41, 5.74) is 1.88. The first-order chi connectivity index (χ1) is 8.38. The van der Waals surface area contributed by atoms with Gasteiger partial charge in [0, 0.05) is 6.04 Å². The third kappa shape index (κ3) is 2.78. The fraction of sp³-hybridized carbons (Fsp3) is 0.600. The quantitative estimate of drug-likeness (QED) is 0.706. The molecule has 2 rings (SSSR count). The van der Waals surface area contributed by atoms with Crippen LogP contribution in [0.25, 0.3) is 0 Å². The predicted octanol–water partition coefficient (Wildman–Crippen LogP) is 2.69. The number of phenols is 2. The van der Waals surface area contributed by atoms with Crippen LogP contribution in [0.15, 0.2) is 12.1 Å². The molecule has 3 N–H and O–H groups in total. The van der Waals surface area contributed by atoms with E-state index in [0.29, 0.717) is 6.04 Å². The average Bonchev–Trinajstić information content (AvgIpc) is 2.75. The molecule has 3 heteroatoms. The maximum atomic E-state index is 9.97. The Balaban J connectivity index is 2.30. The van der Waals surface area contributed by atoms with Crippen molar-refractivity contribution >= 4 is 0 Å². The second-order valence-corrected chi connectivity index (χ2v) is 6.25. The van der Waals surface area contributed by atoms with Crippen LogP contribution in [0.3, 0.4) is 0 Å². The Kier molecular flexibility index (Phi) is 3.53. The minimum Gasteiger partial charge on any atom is -0.504 e. The van der Waals surface area contributed by atoms with E-state index in [1.54, 1.807) is 6.07 Å². The van der Waals surface area contributed by atoms with Gasteiger partial charge in [-0.3, -0.25) is 0 Å². The van der Waals surface area contributed by atoms with Gasteiger partial charge < -0.3 is 15.5 Å². The molecule has 1 aliphatic rings. The Morgan fingerprint density at radius 2 is 2.00 bits per heavy atom. The van der Waals surface area contributed by atoms with Gasteiger partial charge in [0.25, 0.3) is 0 Å². The summed E-state index contributed by atoms with van der Waals surface area (Å²) in [4.78, 5) is 0. The number of phenolic OH excluding ortho intramolecular Hbond substituents is 2. The lowest BCUT2D eigenvalue weighted by atomic mass is 9.85. The fourth-order valence-electron chi connectivity index (χ4n) is 2.46. The zero-order valence-electron chi connectivity index (χ0n) is 11.5. The van der Waals surface area contributed by atoms with Crippen molar-refractivity contribution in [2.75, 3.05) is 6.54 Å². The SMILES string of the molecule is CC(C)(C)c1cc(O)c(O)c(CC2CCCN2)c1. The number of benzene rings is 1. The summed E-state index contributed by atoms with van der Waals surface area (Å²) in [7, 11) is 0. The van der Waals surface area contributed by atoms with Gasteiger partial charge in [-0.1, -0.05) is 26.8 Å². The van der Waals surface area contributed by atoms with Crippen molar-refractivity contribution in [3.63, 3.8) is 0 Å². The van der Waals surface area contributed by atoms with Crippen LogP contribution in [0.2, 0.25) is 0 Å². The zero-order chi connectivity index (χ0) is 13.3. The van der Waals surface area contributed by atoms with Crippen LogP contribution < -0.4 is 5.32 Å². The molecule has 1 heterocycles. The molecule has 0 radical (unpaired) electrons. The highest BCUT2D eigenvalue weighted by atomic mass is 16.3. The second kappa shape index (κ2) is 4.81. The molecule has 1 aliphatic heterocycles. The topological polar surface area (TPSA) is 52.5 Å². The number of aromatic hydroxyl groups is 2. The highest BCUT2D eigenvalue weighted by Gasteiger charge is 2.21. The molecule has 3 nitrogen and oxygen atoms in total. The van der Waals surface area contributed by atoms with Gasteiger partial charge in [-0.15, -0.1) is 0 Å². The van der Waals surface area contributed by atoms with E-state index in [2.05, 4.69) is 26.1 Å². The summed E-state index contributed by atoms with van der Waals surface area (Å²) >= 11 is 0. The molecule has 0 amide bonds. The lowest BCUT2D eigenvalue weighted by Crippen LogP contribution is -2.24. The molecule has 0 aromatic heterocycles. The summed E-state index contributed by atoms with van der Waals surface area (Å²) in [5.74, 6) is 0.0344. The lowest BCUT2D eigenvalue weighted by Gasteiger charge is -2.22. The van der Waals surface area contributed by atoms with Gasteiger partial charge in [0.05, 0.1) is 0 Å². The molecule has 0 spiro atoms. The van der Waals surface area contributed by atoms with Crippen molar-refractivity contribution in [2.45, 2.75) is 51.5 Å². The molecule has 0 bridgehead atoms. The maximum absolute atomic E-state index is 9.97. The van der Waals surface area contributed by atoms with E-state index < -0.39 is 0 Å². The van der Waals surface area contributed by atoms with Crippen LogP contribution in [0, 0.1) is 0 Å². The fourth-order valence-corrected chi connectivity index (χ4v) is 2.46. The smallest absolute Gasteiger partial charge is 0.160 e. The van der Waals surface area contributed by atoms with Gasteiger partial charge in [0.15, 0.2) is 11.5 Å². The van der Waals surface area contributed by atoms with E-state index in [4.69, 9.17) is 0 Å². The molecular formula is C15H23NO2. The van der Waals surface area contributed by atoms with Gasteiger partial charge in [0.2, 0.25) is 0 Å². The Labute approximate surface area is 109 Å². The summed E-state index contributed by atoms with van der Waals surface area (Å²) in [5, 5.41) is 23.2. The number of hydrogen-bond acceptors (Lipinski definition) is 3. The van der Waals surface area contributed by atoms with E-state index in [1.807, 2.05) is 6.07 Å². The van der Waals surface area contributed by atoms with Gasteiger partial charge in [-0.25, -0.2) is 0 Å². The van der Waals surface area contributed by atoms with Gasteiger partial charge in [0.1, 0.15) is 0 Å². The largest absolute Gasteiger partial charge is 0.504 e. The molecule has 0 aliphatic carbocycles. The normalized spacial score (nSPS) is 20.3. The van der Waals surface area contributed by atoms with Crippen molar-refractivity contribution in [3.05, 3.63) is 23.3 Å². The third-order valence-electron chi connectivity index (χ3n) is 3.66. The van der Waals surface area contributed by atoms with Crippen LogP contribution in [-0.4, -0.2) is 22.8 Å². The van der Waals surface area contributed by atoms with Crippen molar-refractivity contribution < 1.29 is 10.2 Å². The number of rotatable bonds is 2. The van der Waals surface area contributed by atoms with Gasteiger partial charge >= 0.3 is 0 Å². The first kappa shape index (κ1) is 13.2. The first-order valence-electron chi connectivity index (χ1n) is 6.66. The molecule has 1 unspecified atom stereocenters. The summed E-state index contributed by atoms with van der Waals surface area (Å²) in [6.45, 7) is 7.37. The first-order valence-corrected chi connectivity index (χ1v) is 6.66. The molecule has 1 aromatic carbocycles. The van der Waals surface area contributed by atoms with Crippen LogP contribution in [-0.2, 0) is 11.8 Å². The van der Waals surface area contributed by atoms with E-state index in [-0.39, 0.29) is 16.9 Å². The van der Waals surface area contributed by atoms with Crippen molar-refractivity contribution in [3.8, 4) is 11.5 Å². The number of nitrogens with one attached hydrogen (secondary N) is 1. The summed E-state index contributed by atoms with van der Waals surface area (Å²) in [6.07, 6.45) is 3.11. The van der Waals surface area contributed by atoms with Crippen LogP contribution >= 0.6 is 0 Å². The molecular weight excluding hydrogens is 226 g/mol. The summed E-state index contributed by atoms with van der Waals surface area (Å²) < 4.78 is 0. The minimum absolute atomic E-state index is 0.00424. The average molecular weight is 249 g/mol. The van der Waals surface area contributed by atoms with Gasteiger partial charge in [-0.2, -0.15) is 0 Å². The lowest BCUT2D eigenvalue weighted by molar-refractivity contribution is 0.394. The summed E-state index contributed by atoms with van der Waals surface area (Å²) in [6, 6.07) is 4.11. The van der Waals surface area contributed by atoms with E-state index >= 15 is 0 Å². The molecule has 1 fully saturated rings. The highest BCUT2D eigenvalue weighted by molar-refractivity contribution is 5.49. The Hall–Kier alpha value is -1.22. The third-order valence-corrected chi connectivity index (χ3v) is 3.66. The molecule has 0 saturated carbocycles. The van der Waals surface area contributed by atoms with E-state index in [9.17, 15) is 10.2 Å². The van der Waals surface area contributed by atoms with Crippen molar-refractivity contribution in [1.82, 2.24) is 5.32 Å². The zero-order valence-corrected chi connectivity index (χ0v) is 11.5. The molecule has 18 heavy (non-hydrogen) atoms. The predicted molar refractivity (Wildman–Crippen MR) is 73.2 cm³/mol. The Bertz CT molecular complexity index is 429. The van der Waals surface area contributed by atoms with Crippen molar-refractivity contribution in [2.24, 2.45) is 0 Å². The number of hydrogen-bond donors (Lipinski definition) is 3. The van der Waals surface area contributed by atoms with Crippen molar-refractivity contribution in [1.29, 1.82) is 0 Å². The van der Waals surface area contributed by atoms with Gasteiger partial charge in [-0.05, 0) is 48.4 Å². The highest BCUT2D eigenvalue weighted by Crippen LogP contribution is 2.36. The van der Waals surface area contributed by atoms with Crippen LogP contribution in [0.1, 0.15) is 44.7 Å². The van der Waals surface area contributed by atoms with Crippen LogP contribution in [0.4, 0.5) is 0 Å². The molecule has 100 valence electrons. The second-order valence-electron chi connectivity index (χ2n) is 6.25. The molecule has 1 saturated heterocycles. The van der Waals surface area contributed by atoms with E-state index in [0.717, 1.165) is 30.5 Å². The molecule has 1 atom stereocenters. The molecule has 1 aromatic rings. The monoisotopic (exact) mass is 249 g/mol. The standard InChI is InChI=1S/C15H23NO2/c1-15(2,3)11-7-10(14(18)13(17)9-11)8-12-5-4-6-16-12/h7,9,12,16-18H,4-6,8H2,1-3H3. The maximum Gasteiger partial charge on any atom is 0.160 e. The Morgan fingerprint density at radius 1 is 1.28 bits per heavy atom. The van der Waals surface area contributed by atoms with E-state index in [1.165, 1.54) is 6.42 Å². The van der Waals surface area contributed by atoms with Crippen LogP contribution in [0.5, 0.6) is 11.5 Å².